The van der Waals surface area contributed by atoms with E-state index in [0.29, 0.717) is 17.2 Å². The van der Waals surface area contributed by atoms with E-state index in [2.05, 4.69) is 35.8 Å². The van der Waals surface area contributed by atoms with E-state index in [1.54, 1.807) is 18.6 Å². The van der Waals surface area contributed by atoms with Gasteiger partial charge in [-0.2, -0.15) is 0 Å². The largest absolute Gasteiger partial charge is 0.324 e. The second-order valence-corrected chi connectivity index (χ2v) is 8.84. The zero-order chi connectivity index (χ0) is 26.7. The van der Waals surface area contributed by atoms with Crippen molar-refractivity contribution in [3.63, 3.8) is 0 Å². The summed E-state index contributed by atoms with van der Waals surface area (Å²) < 4.78 is 0. The molecule has 0 atom stereocenters. The molecule has 0 aliphatic carbocycles. The molecule has 1 aliphatic heterocycles. The van der Waals surface area contributed by atoms with Crippen LogP contribution in [0.2, 0.25) is 0 Å². The maximum absolute atomic E-state index is 12.9. The van der Waals surface area contributed by atoms with Gasteiger partial charge >= 0.3 is 0 Å². The van der Waals surface area contributed by atoms with Crippen molar-refractivity contribution in [2.24, 2.45) is 0 Å². The Morgan fingerprint density at radius 3 is 2.53 bits per heavy atom. The van der Waals surface area contributed by atoms with Crippen molar-refractivity contribution in [1.82, 2.24) is 25.2 Å². The number of rotatable bonds is 7. The van der Waals surface area contributed by atoms with Crippen LogP contribution in [0, 0.1) is 6.92 Å². The Morgan fingerprint density at radius 2 is 1.79 bits per heavy atom. The van der Waals surface area contributed by atoms with Crippen LogP contribution < -0.4 is 16.0 Å². The molecule has 1 fully saturated rings. The van der Waals surface area contributed by atoms with Crippen molar-refractivity contribution >= 4 is 23.2 Å². The highest BCUT2D eigenvalue weighted by Gasteiger charge is 2.12. The van der Waals surface area contributed by atoms with Crippen LogP contribution in [0.5, 0.6) is 0 Å². The minimum absolute atomic E-state index is 0.145. The van der Waals surface area contributed by atoms with Gasteiger partial charge in [0.1, 0.15) is 0 Å². The number of carbonyl (C=O) groups is 1. The number of aryl methyl sites for hydroxylation is 1. The fourth-order valence-electron chi connectivity index (χ4n) is 4.14. The van der Waals surface area contributed by atoms with Gasteiger partial charge < -0.3 is 16.0 Å². The van der Waals surface area contributed by atoms with Gasteiger partial charge in [0, 0.05) is 73.8 Å². The average molecular weight is 510 g/mol. The van der Waals surface area contributed by atoms with Crippen LogP contribution in [0.15, 0.2) is 79.3 Å². The molecular formula is C30H35N7O. The summed E-state index contributed by atoms with van der Waals surface area (Å²) in [4.78, 5) is 28.4. The van der Waals surface area contributed by atoms with Gasteiger partial charge in [0.25, 0.3) is 5.91 Å². The number of hydrogen-bond donors (Lipinski definition) is 3. The first kappa shape index (κ1) is 26.9. The van der Waals surface area contributed by atoms with Gasteiger partial charge in [-0.25, -0.2) is 9.97 Å². The first-order valence-electron chi connectivity index (χ1n) is 13.1. The third-order valence-electron chi connectivity index (χ3n) is 6.19. The maximum atomic E-state index is 12.9. The predicted octanol–water partition coefficient (Wildman–Crippen LogP) is 5.27. The number of nitrogens with one attached hydrogen (secondary N) is 3. The molecule has 3 N–H and O–H groups in total. The molecule has 4 aromatic rings. The van der Waals surface area contributed by atoms with Gasteiger partial charge in [-0.1, -0.05) is 32.0 Å². The molecule has 0 spiro atoms. The fraction of sp³-hybridized carbons (Fsp3) is 0.267. The molecule has 2 aromatic heterocycles. The van der Waals surface area contributed by atoms with Crippen molar-refractivity contribution in [3.05, 3.63) is 95.9 Å². The van der Waals surface area contributed by atoms with Crippen LogP contribution in [0.3, 0.4) is 0 Å². The normalized spacial score (nSPS) is 13.2. The van der Waals surface area contributed by atoms with E-state index in [-0.39, 0.29) is 5.91 Å². The van der Waals surface area contributed by atoms with E-state index in [1.807, 2.05) is 81.4 Å². The third-order valence-corrected chi connectivity index (χ3v) is 6.19. The number of amides is 1. The van der Waals surface area contributed by atoms with Crippen molar-refractivity contribution in [1.29, 1.82) is 0 Å². The lowest BCUT2D eigenvalue weighted by Crippen LogP contribution is -2.42. The molecule has 1 saturated heterocycles. The average Bonchev–Trinajstić information content (AvgIpc) is 2.97. The Bertz CT molecular complexity index is 1320. The molecule has 0 unspecified atom stereocenters. The summed E-state index contributed by atoms with van der Waals surface area (Å²) in [5, 5.41) is 9.65. The maximum Gasteiger partial charge on any atom is 0.255 e. The molecule has 8 nitrogen and oxygen atoms in total. The molecule has 196 valence electrons. The van der Waals surface area contributed by atoms with E-state index in [1.165, 1.54) is 5.56 Å². The Kier molecular flexibility index (Phi) is 9.50. The zero-order valence-electron chi connectivity index (χ0n) is 22.2. The molecule has 3 heterocycles. The number of piperazine rings is 1. The fourth-order valence-corrected chi connectivity index (χ4v) is 4.14. The monoisotopic (exact) mass is 509 g/mol. The van der Waals surface area contributed by atoms with E-state index in [4.69, 9.17) is 0 Å². The lowest BCUT2D eigenvalue weighted by atomic mass is 10.1. The van der Waals surface area contributed by atoms with E-state index >= 15 is 0 Å². The van der Waals surface area contributed by atoms with Crippen LogP contribution >= 0.6 is 0 Å². The highest BCUT2D eigenvalue weighted by Crippen LogP contribution is 2.24. The molecule has 38 heavy (non-hydrogen) atoms. The number of aromatic nitrogens is 3. The molecule has 1 aliphatic rings. The van der Waals surface area contributed by atoms with Gasteiger partial charge in [0.15, 0.2) is 0 Å². The first-order valence-corrected chi connectivity index (χ1v) is 13.1. The van der Waals surface area contributed by atoms with Crippen LogP contribution in [0.1, 0.15) is 35.3 Å². The summed E-state index contributed by atoms with van der Waals surface area (Å²) in [5.41, 5.74) is 6.07. The van der Waals surface area contributed by atoms with Gasteiger partial charge in [-0.05, 0) is 60.5 Å². The van der Waals surface area contributed by atoms with Gasteiger partial charge in [0.2, 0.25) is 5.95 Å². The summed E-state index contributed by atoms with van der Waals surface area (Å²) in [5.74, 6) is 0.330. The molecule has 8 heteroatoms. The first-order chi connectivity index (χ1) is 18.6. The summed E-state index contributed by atoms with van der Waals surface area (Å²) in [6, 6.07) is 19.3. The molecule has 0 radical (unpaired) electrons. The SMILES string of the molecule is CC.Cc1ccc(NC(=O)c2ccc(CN3CCNCC3)cc2)cc1Nc1nccc(-c2cccnc2)n1. The summed E-state index contributed by atoms with van der Waals surface area (Å²) in [6.45, 7) is 11.0. The van der Waals surface area contributed by atoms with Crippen LogP contribution in [0.4, 0.5) is 17.3 Å². The molecule has 5 rings (SSSR count). The van der Waals surface area contributed by atoms with Crippen molar-refractivity contribution < 1.29 is 4.79 Å². The van der Waals surface area contributed by atoms with Crippen molar-refractivity contribution in [2.45, 2.75) is 27.3 Å². The van der Waals surface area contributed by atoms with Crippen LogP contribution in [-0.4, -0.2) is 51.9 Å². The van der Waals surface area contributed by atoms with Crippen LogP contribution in [-0.2, 0) is 6.54 Å². The van der Waals surface area contributed by atoms with E-state index < -0.39 is 0 Å². The second-order valence-electron chi connectivity index (χ2n) is 8.84. The standard InChI is InChI=1S/C28H29N7O.C2H6/c1-20-4-9-24(17-26(20)34-28-31-12-10-25(33-28)23-3-2-11-30-18-23)32-27(36)22-7-5-21(6-8-22)19-35-15-13-29-14-16-35;1-2/h2-12,17-18,29H,13-16,19H2,1H3,(H,32,36)(H,31,33,34);1-2H3. The Morgan fingerprint density at radius 1 is 1.00 bits per heavy atom. The number of nitrogens with zero attached hydrogens (tertiary/aromatic N) is 4. The number of benzene rings is 2. The number of anilines is 3. The minimum atomic E-state index is -0.145. The minimum Gasteiger partial charge on any atom is -0.324 e. The molecular weight excluding hydrogens is 474 g/mol. The molecule has 2 aromatic carbocycles. The van der Waals surface area contributed by atoms with Gasteiger partial charge in [-0.15, -0.1) is 0 Å². The second kappa shape index (κ2) is 13.4. The lowest BCUT2D eigenvalue weighted by Gasteiger charge is -2.27. The lowest BCUT2D eigenvalue weighted by molar-refractivity contribution is 0.102. The summed E-state index contributed by atoms with van der Waals surface area (Å²) in [7, 11) is 0. The summed E-state index contributed by atoms with van der Waals surface area (Å²) >= 11 is 0. The highest BCUT2D eigenvalue weighted by atomic mass is 16.1. The Balaban J connectivity index is 0.00000164. The predicted molar refractivity (Wildman–Crippen MR) is 154 cm³/mol. The quantitative estimate of drug-likeness (QED) is 0.312. The topological polar surface area (TPSA) is 95.1 Å². The smallest absolute Gasteiger partial charge is 0.255 e. The molecule has 0 saturated carbocycles. The van der Waals surface area contributed by atoms with Crippen molar-refractivity contribution in [2.75, 3.05) is 36.8 Å². The molecule has 1 amide bonds. The van der Waals surface area contributed by atoms with Gasteiger partial charge in [-0.3, -0.25) is 14.7 Å². The number of pyridine rings is 1. The Hall–Kier alpha value is -4.14. The van der Waals surface area contributed by atoms with Gasteiger partial charge in [0.05, 0.1) is 5.69 Å². The number of hydrogen-bond acceptors (Lipinski definition) is 7. The van der Waals surface area contributed by atoms with Crippen LogP contribution in [0.25, 0.3) is 11.3 Å². The Labute approximate surface area is 224 Å². The number of carbonyl (C=O) groups excluding carboxylic acids is 1. The van der Waals surface area contributed by atoms with E-state index in [9.17, 15) is 4.79 Å². The van der Waals surface area contributed by atoms with E-state index in [0.717, 1.165) is 55.2 Å². The van der Waals surface area contributed by atoms with Crippen molar-refractivity contribution in [3.8, 4) is 11.3 Å². The zero-order valence-corrected chi connectivity index (χ0v) is 22.2. The summed E-state index contributed by atoms with van der Waals surface area (Å²) in [6.07, 6.45) is 5.21. The highest BCUT2D eigenvalue weighted by molar-refractivity contribution is 6.04. The molecule has 0 bridgehead atoms. The third kappa shape index (κ3) is 7.21.